The van der Waals surface area contributed by atoms with Gasteiger partial charge in [0, 0.05) is 6.54 Å². The fraction of sp³-hybridized carbons (Fsp3) is 0.368. The lowest BCUT2D eigenvalue weighted by Gasteiger charge is -2.34. The average molecular weight is 355 g/mol. The van der Waals surface area contributed by atoms with E-state index in [2.05, 4.69) is 16.4 Å². The van der Waals surface area contributed by atoms with Crippen LogP contribution in [0.5, 0.6) is 0 Å². The van der Waals surface area contributed by atoms with Crippen LogP contribution in [-0.4, -0.2) is 22.5 Å². The number of amides is 2. The third-order valence-corrected chi connectivity index (χ3v) is 5.62. The number of nitrogens with one attached hydrogen (secondary N) is 1. The van der Waals surface area contributed by atoms with E-state index in [1.807, 2.05) is 42.2 Å². The number of hydrogen-bond donors (Lipinski definition) is 1. The Morgan fingerprint density at radius 1 is 1.32 bits per heavy atom. The van der Waals surface area contributed by atoms with Gasteiger partial charge in [-0.25, -0.2) is 9.78 Å². The summed E-state index contributed by atoms with van der Waals surface area (Å²) < 4.78 is 6.92. The molecule has 0 radical (unpaired) electrons. The van der Waals surface area contributed by atoms with Crippen molar-refractivity contribution in [3.05, 3.63) is 52.9 Å². The first kappa shape index (κ1) is 16.1. The number of urea groups is 1. The number of rotatable bonds is 3. The molecule has 1 aliphatic rings. The maximum atomic E-state index is 12.7. The van der Waals surface area contributed by atoms with Crippen LogP contribution in [0.3, 0.4) is 0 Å². The highest BCUT2D eigenvalue weighted by molar-refractivity contribution is 7.18. The molecule has 1 aromatic carbocycles. The monoisotopic (exact) mass is 355 g/mol. The summed E-state index contributed by atoms with van der Waals surface area (Å²) in [6.07, 6.45) is 3.10. The summed E-state index contributed by atoms with van der Waals surface area (Å²) in [6, 6.07) is 12.0. The molecule has 1 atom stereocenters. The van der Waals surface area contributed by atoms with E-state index in [9.17, 15) is 4.79 Å². The number of carbonyl (C=O) groups excluding carboxylic acids is 1. The minimum atomic E-state index is -0.0435. The summed E-state index contributed by atoms with van der Waals surface area (Å²) in [7, 11) is 0. The van der Waals surface area contributed by atoms with E-state index in [4.69, 9.17) is 4.42 Å². The lowest BCUT2D eigenvalue weighted by molar-refractivity contribution is 0.139. The van der Waals surface area contributed by atoms with E-state index >= 15 is 0 Å². The zero-order valence-electron chi connectivity index (χ0n) is 14.2. The number of aromatic nitrogens is 1. The number of para-hydroxylation sites is 1. The second kappa shape index (κ2) is 6.88. The van der Waals surface area contributed by atoms with Gasteiger partial charge in [-0.1, -0.05) is 12.1 Å². The number of likely N-dealkylation sites (tertiary alicyclic amines) is 1. The van der Waals surface area contributed by atoms with Gasteiger partial charge in [-0.3, -0.25) is 0 Å². The molecule has 5 nitrogen and oxygen atoms in total. The van der Waals surface area contributed by atoms with Crippen molar-refractivity contribution < 1.29 is 9.21 Å². The van der Waals surface area contributed by atoms with Gasteiger partial charge in [0.1, 0.15) is 16.5 Å². The third-order valence-electron chi connectivity index (χ3n) is 4.58. The maximum absolute atomic E-state index is 12.7. The number of thiazole rings is 1. The van der Waals surface area contributed by atoms with Crippen molar-refractivity contribution in [2.75, 3.05) is 6.54 Å². The smallest absolute Gasteiger partial charge is 0.318 e. The molecule has 3 heterocycles. The van der Waals surface area contributed by atoms with Crippen molar-refractivity contribution in [1.29, 1.82) is 0 Å². The quantitative estimate of drug-likeness (QED) is 0.745. The summed E-state index contributed by atoms with van der Waals surface area (Å²) in [5, 5.41) is 3.96. The highest BCUT2D eigenvalue weighted by Gasteiger charge is 2.30. The molecular formula is C19H21N3O2S. The van der Waals surface area contributed by atoms with Crippen molar-refractivity contribution in [2.45, 2.75) is 38.8 Å². The maximum Gasteiger partial charge on any atom is 0.318 e. The molecule has 2 amide bonds. The van der Waals surface area contributed by atoms with Crippen LogP contribution >= 0.6 is 11.3 Å². The van der Waals surface area contributed by atoms with Crippen LogP contribution in [0.2, 0.25) is 0 Å². The molecule has 0 saturated carbocycles. The predicted molar refractivity (Wildman–Crippen MR) is 98.6 cm³/mol. The largest absolute Gasteiger partial charge is 0.464 e. The zero-order chi connectivity index (χ0) is 17.2. The molecule has 0 bridgehead atoms. The predicted octanol–water partition coefficient (Wildman–Crippen LogP) is 4.63. The third kappa shape index (κ3) is 3.39. The van der Waals surface area contributed by atoms with Crippen LogP contribution in [0, 0.1) is 6.92 Å². The van der Waals surface area contributed by atoms with Gasteiger partial charge in [0.2, 0.25) is 0 Å². The fourth-order valence-electron chi connectivity index (χ4n) is 3.35. The van der Waals surface area contributed by atoms with Crippen molar-refractivity contribution >= 4 is 27.6 Å². The van der Waals surface area contributed by atoms with Gasteiger partial charge in [-0.05, 0) is 50.5 Å². The van der Waals surface area contributed by atoms with E-state index in [0.29, 0.717) is 6.54 Å². The number of hydrogen-bond acceptors (Lipinski definition) is 4. The Kier molecular flexibility index (Phi) is 4.44. The Labute approximate surface area is 150 Å². The molecule has 0 aliphatic carbocycles. The zero-order valence-corrected chi connectivity index (χ0v) is 15.0. The number of piperidine rings is 1. The lowest BCUT2D eigenvalue weighted by Crippen LogP contribution is -2.44. The SMILES string of the molecule is Cc1ccc(C2CCCCN2C(=O)NCc2nc3ccccc3s2)o1. The van der Waals surface area contributed by atoms with Crippen LogP contribution in [0.4, 0.5) is 4.79 Å². The first-order valence-electron chi connectivity index (χ1n) is 8.66. The second-order valence-corrected chi connectivity index (χ2v) is 7.50. The first-order chi connectivity index (χ1) is 12.2. The van der Waals surface area contributed by atoms with Crippen molar-refractivity contribution in [3.8, 4) is 0 Å². The van der Waals surface area contributed by atoms with Crippen LogP contribution < -0.4 is 5.32 Å². The minimum absolute atomic E-state index is 0.0258. The van der Waals surface area contributed by atoms with Gasteiger partial charge in [0.15, 0.2) is 0 Å². The van der Waals surface area contributed by atoms with Gasteiger partial charge >= 0.3 is 6.03 Å². The molecule has 2 aromatic heterocycles. The van der Waals surface area contributed by atoms with Crippen molar-refractivity contribution in [2.24, 2.45) is 0 Å². The van der Waals surface area contributed by atoms with Gasteiger partial charge < -0.3 is 14.6 Å². The summed E-state index contributed by atoms with van der Waals surface area (Å²) in [5.41, 5.74) is 0.985. The highest BCUT2D eigenvalue weighted by Crippen LogP contribution is 2.32. The average Bonchev–Trinajstić information content (AvgIpc) is 3.25. The molecule has 25 heavy (non-hydrogen) atoms. The number of aryl methyl sites for hydroxylation is 1. The number of benzene rings is 1. The van der Waals surface area contributed by atoms with Crippen molar-refractivity contribution in [1.82, 2.24) is 15.2 Å². The normalized spacial score (nSPS) is 17.8. The number of nitrogens with zero attached hydrogens (tertiary/aromatic N) is 2. The molecule has 3 aromatic rings. The van der Waals surface area contributed by atoms with Crippen LogP contribution in [-0.2, 0) is 6.54 Å². The van der Waals surface area contributed by atoms with Crippen molar-refractivity contribution in [3.63, 3.8) is 0 Å². The number of fused-ring (bicyclic) bond motifs is 1. The second-order valence-electron chi connectivity index (χ2n) is 6.39. The highest BCUT2D eigenvalue weighted by atomic mass is 32.1. The molecule has 130 valence electrons. The molecule has 1 unspecified atom stereocenters. The van der Waals surface area contributed by atoms with E-state index < -0.39 is 0 Å². The standard InChI is InChI=1S/C19H21N3O2S/c1-13-9-10-16(24-13)15-7-4-5-11-22(15)19(23)20-12-18-21-14-6-2-3-8-17(14)25-18/h2-3,6,8-10,15H,4-5,7,11-12H2,1H3,(H,20,23). The Bertz CT molecular complexity index is 853. The summed E-state index contributed by atoms with van der Waals surface area (Å²) in [6.45, 7) is 3.15. The van der Waals surface area contributed by atoms with Gasteiger partial charge in [0.05, 0.1) is 22.8 Å². The first-order valence-corrected chi connectivity index (χ1v) is 9.47. The minimum Gasteiger partial charge on any atom is -0.464 e. The molecule has 1 saturated heterocycles. The van der Waals surface area contributed by atoms with E-state index in [1.165, 1.54) is 0 Å². The van der Waals surface area contributed by atoms with E-state index in [0.717, 1.165) is 52.6 Å². The number of furan rings is 1. The number of carbonyl (C=O) groups is 1. The molecule has 4 rings (SSSR count). The van der Waals surface area contributed by atoms with Gasteiger partial charge in [-0.15, -0.1) is 11.3 Å². The Hall–Kier alpha value is -2.34. The summed E-state index contributed by atoms with van der Waals surface area (Å²) in [4.78, 5) is 19.2. The Morgan fingerprint density at radius 2 is 2.20 bits per heavy atom. The molecule has 1 N–H and O–H groups in total. The fourth-order valence-corrected chi connectivity index (χ4v) is 4.26. The summed E-state index contributed by atoms with van der Waals surface area (Å²) >= 11 is 1.62. The van der Waals surface area contributed by atoms with Crippen LogP contribution in [0.15, 0.2) is 40.8 Å². The molecule has 6 heteroatoms. The molecule has 1 fully saturated rings. The van der Waals surface area contributed by atoms with E-state index in [-0.39, 0.29) is 12.1 Å². The molecular weight excluding hydrogens is 334 g/mol. The lowest BCUT2D eigenvalue weighted by atomic mass is 10.0. The van der Waals surface area contributed by atoms with E-state index in [1.54, 1.807) is 11.3 Å². The molecule has 1 aliphatic heterocycles. The van der Waals surface area contributed by atoms with Gasteiger partial charge in [0.25, 0.3) is 0 Å². The summed E-state index contributed by atoms with van der Waals surface area (Å²) in [5.74, 6) is 1.77. The van der Waals surface area contributed by atoms with Crippen LogP contribution in [0.1, 0.15) is 41.8 Å². The Balaban J connectivity index is 1.45. The van der Waals surface area contributed by atoms with Crippen LogP contribution in [0.25, 0.3) is 10.2 Å². The topological polar surface area (TPSA) is 58.4 Å². The molecule has 0 spiro atoms. The Morgan fingerprint density at radius 3 is 3.00 bits per heavy atom. The van der Waals surface area contributed by atoms with Gasteiger partial charge in [-0.2, -0.15) is 0 Å².